The van der Waals surface area contributed by atoms with Gasteiger partial charge in [0.15, 0.2) is 6.61 Å². The molecule has 8 heteroatoms. The highest BCUT2D eigenvalue weighted by molar-refractivity contribution is 7.17. The summed E-state index contributed by atoms with van der Waals surface area (Å²) in [6.45, 7) is 1.18. The molecule has 1 N–H and O–H groups in total. The molecule has 0 bridgehead atoms. The van der Waals surface area contributed by atoms with E-state index in [1.54, 1.807) is 13.0 Å². The monoisotopic (exact) mass is 291 g/mol. The Labute approximate surface area is 112 Å². The summed E-state index contributed by atoms with van der Waals surface area (Å²) in [5.41, 5.74) is 0. The highest BCUT2D eigenvalue weighted by Crippen LogP contribution is 2.21. The third-order valence-electron chi connectivity index (χ3n) is 1.63. The Morgan fingerprint density at radius 1 is 1.33 bits per heavy atom. The smallest absolute Gasteiger partial charge is 0.413 e. The summed E-state index contributed by atoms with van der Waals surface area (Å²) in [6, 6.07) is 3.03. The Kier molecular flexibility index (Phi) is 5.60. The third-order valence-corrected chi connectivity index (χ3v) is 2.84. The Hall–Kier alpha value is -1.60. The number of imide groups is 1. The second-order valence-electron chi connectivity index (χ2n) is 2.95. The number of esters is 1. The molecular formula is C10H10ClNO5S. The van der Waals surface area contributed by atoms with Crippen LogP contribution in [0.3, 0.4) is 0 Å². The van der Waals surface area contributed by atoms with Gasteiger partial charge in [-0.1, -0.05) is 11.6 Å². The predicted octanol–water partition coefficient (Wildman–Crippen LogP) is 1.83. The number of halogens is 1. The maximum Gasteiger partial charge on any atom is 0.413 e. The Morgan fingerprint density at radius 2 is 2.06 bits per heavy atom. The molecule has 0 atom stereocenters. The fraction of sp³-hybridized carbons (Fsp3) is 0.300. The minimum absolute atomic E-state index is 0.145. The first-order valence-electron chi connectivity index (χ1n) is 4.92. The second-order valence-corrected chi connectivity index (χ2v) is 4.66. The maximum absolute atomic E-state index is 11.4. The number of nitrogens with one attached hydrogen (secondary N) is 1. The van der Waals surface area contributed by atoms with Crippen LogP contribution in [0.15, 0.2) is 12.1 Å². The van der Waals surface area contributed by atoms with Gasteiger partial charge in [-0.3, -0.25) is 10.1 Å². The zero-order valence-electron chi connectivity index (χ0n) is 9.40. The van der Waals surface area contributed by atoms with E-state index in [2.05, 4.69) is 9.47 Å². The highest BCUT2D eigenvalue weighted by atomic mass is 35.5. The molecule has 98 valence electrons. The molecule has 0 aliphatic rings. The van der Waals surface area contributed by atoms with Crippen molar-refractivity contribution in [3.8, 4) is 0 Å². The van der Waals surface area contributed by atoms with Gasteiger partial charge in [0.1, 0.15) is 4.88 Å². The van der Waals surface area contributed by atoms with Crippen molar-refractivity contribution < 1.29 is 23.9 Å². The predicted molar refractivity (Wildman–Crippen MR) is 64.8 cm³/mol. The van der Waals surface area contributed by atoms with Crippen LogP contribution in [0, 0.1) is 0 Å². The maximum atomic E-state index is 11.4. The SMILES string of the molecule is CCOC(=O)NC(=O)COC(=O)c1ccc(Cl)s1. The van der Waals surface area contributed by atoms with Gasteiger partial charge >= 0.3 is 12.1 Å². The van der Waals surface area contributed by atoms with Crippen LogP contribution < -0.4 is 5.32 Å². The fourth-order valence-electron chi connectivity index (χ4n) is 0.943. The number of carbonyl (C=O) groups excluding carboxylic acids is 3. The van der Waals surface area contributed by atoms with E-state index >= 15 is 0 Å². The van der Waals surface area contributed by atoms with Gasteiger partial charge in [-0.2, -0.15) is 0 Å². The lowest BCUT2D eigenvalue weighted by molar-refractivity contribution is -0.123. The fourth-order valence-corrected chi connectivity index (χ4v) is 1.88. The first-order valence-corrected chi connectivity index (χ1v) is 6.11. The van der Waals surface area contributed by atoms with Gasteiger partial charge in [-0.15, -0.1) is 11.3 Å². The Balaban J connectivity index is 2.34. The summed E-state index contributed by atoms with van der Waals surface area (Å²) in [5, 5.41) is 1.89. The molecule has 0 aromatic carbocycles. The lowest BCUT2D eigenvalue weighted by atomic mass is 10.5. The number of thiophene rings is 1. The molecule has 1 aromatic heterocycles. The van der Waals surface area contributed by atoms with Crippen molar-refractivity contribution in [3.05, 3.63) is 21.3 Å². The van der Waals surface area contributed by atoms with Crippen LogP contribution in [0.25, 0.3) is 0 Å². The molecule has 0 radical (unpaired) electrons. The number of carbonyl (C=O) groups is 3. The average molecular weight is 292 g/mol. The van der Waals surface area contributed by atoms with E-state index in [1.165, 1.54) is 6.07 Å². The summed E-state index contributed by atoms with van der Waals surface area (Å²) < 4.78 is 9.60. The van der Waals surface area contributed by atoms with Crippen molar-refractivity contribution in [2.24, 2.45) is 0 Å². The van der Waals surface area contributed by atoms with Crippen molar-refractivity contribution in [1.29, 1.82) is 0 Å². The van der Waals surface area contributed by atoms with Crippen molar-refractivity contribution in [3.63, 3.8) is 0 Å². The molecule has 0 fully saturated rings. The van der Waals surface area contributed by atoms with E-state index in [1.807, 2.05) is 5.32 Å². The molecule has 0 saturated carbocycles. The topological polar surface area (TPSA) is 81.7 Å². The van der Waals surface area contributed by atoms with Crippen molar-refractivity contribution in [1.82, 2.24) is 5.32 Å². The molecule has 18 heavy (non-hydrogen) atoms. The van der Waals surface area contributed by atoms with E-state index in [-0.39, 0.29) is 11.5 Å². The van der Waals surface area contributed by atoms with E-state index in [9.17, 15) is 14.4 Å². The largest absolute Gasteiger partial charge is 0.451 e. The van der Waals surface area contributed by atoms with Crippen LogP contribution in [0.5, 0.6) is 0 Å². The summed E-state index contributed by atoms with van der Waals surface area (Å²) in [6.07, 6.45) is -0.877. The normalized spacial score (nSPS) is 9.67. The van der Waals surface area contributed by atoms with E-state index in [0.717, 1.165) is 11.3 Å². The number of alkyl carbamates (subject to hydrolysis) is 1. The van der Waals surface area contributed by atoms with Gasteiger partial charge < -0.3 is 9.47 Å². The Morgan fingerprint density at radius 3 is 2.61 bits per heavy atom. The molecule has 1 heterocycles. The van der Waals surface area contributed by atoms with Crippen LogP contribution >= 0.6 is 22.9 Å². The summed E-state index contributed by atoms with van der Waals surface area (Å²) in [7, 11) is 0. The number of hydrogen-bond acceptors (Lipinski definition) is 6. The Bertz CT molecular complexity index is 459. The van der Waals surface area contributed by atoms with Crippen LogP contribution in [0.1, 0.15) is 16.6 Å². The van der Waals surface area contributed by atoms with Crippen molar-refractivity contribution in [2.75, 3.05) is 13.2 Å². The quantitative estimate of drug-likeness (QED) is 0.856. The van der Waals surface area contributed by atoms with Crippen LogP contribution in [-0.2, 0) is 14.3 Å². The summed E-state index contributed by atoms with van der Waals surface area (Å²) >= 11 is 6.68. The molecule has 0 aliphatic heterocycles. The van der Waals surface area contributed by atoms with Gasteiger partial charge in [0.2, 0.25) is 0 Å². The molecular weight excluding hydrogens is 282 g/mol. The zero-order chi connectivity index (χ0) is 13.5. The van der Waals surface area contributed by atoms with E-state index < -0.39 is 24.6 Å². The van der Waals surface area contributed by atoms with Crippen molar-refractivity contribution >= 4 is 40.9 Å². The number of amides is 2. The van der Waals surface area contributed by atoms with Gasteiger partial charge in [-0.05, 0) is 19.1 Å². The first kappa shape index (κ1) is 14.5. The molecule has 2 amide bonds. The molecule has 1 rings (SSSR count). The minimum Gasteiger partial charge on any atom is -0.451 e. The summed E-state index contributed by atoms with van der Waals surface area (Å²) in [4.78, 5) is 33.7. The minimum atomic E-state index is -0.877. The van der Waals surface area contributed by atoms with E-state index in [4.69, 9.17) is 11.6 Å². The van der Waals surface area contributed by atoms with E-state index in [0.29, 0.717) is 4.34 Å². The van der Waals surface area contributed by atoms with Crippen LogP contribution in [0.2, 0.25) is 4.34 Å². The third kappa shape index (κ3) is 4.72. The van der Waals surface area contributed by atoms with Gasteiger partial charge in [0.25, 0.3) is 5.91 Å². The number of ether oxygens (including phenoxy) is 2. The standard InChI is InChI=1S/C10H10ClNO5S/c1-2-16-10(15)12-8(13)5-17-9(14)6-3-4-7(11)18-6/h3-4H,2,5H2,1H3,(H,12,13,15). The lowest BCUT2D eigenvalue weighted by Gasteiger charge is -2.04. The van der Waals surface area contributed by atoms with Gasteiger partial charge in [0.05, 0.1) is 10.9 Å². The highest BCUT2D eigenvalue weighted by Gasteiger charge is 2.14. The number of hydrogen-bond donors (Lipinski definition) is 1. The zero-order valence-corrected chi connectivity index (χ0v) is 11.0. The molecule has 6 nitrogen and oxygen atoms in total. The molecule has 0 spiro atoms. The summed E-state index contributed by atoms with van der Waals surface area (Å²) in [5.74, 6) is -1.43. The second kappa shape index (κ2) is 6.97. The van der Waals surface area contributed by atoms with Crippen LogP contribution in [-0.4, -0.2) is 31.2 Å². The van der Waals surface area contributed by atoms with Gasteiger partial charge in [0, 0.05) is 0 Å². The lowest BCUT2D eigenvalue weighted by Crippen LogP contribution is -2.34. The molecule has 0 aliphatic carbocycles. The average Bonchev–Trinajstić information content (AvgIpc) is 2.73. The first-order chi connectivity index (χ1) is 8.52. The molecule has 0 unspecified atom stereocenters. The molecule has 0 saturated heterocycles. The van der Waals surface area contributed by atoms with Crippen molar-refractivity contribution in [2.45, 2.75) is 6.92 Å². The van der Waals surface area contributed by atoms with Crippen LogP contribution in [0.4, 0.5) is 4.79 Å². The number of rotatable bonds is 4. The van der Waals surface area contributed by atoms with Gasteiger partial charge in [-0.25, -0.2) is 9.59 Å². The molecule has 1 aromatic rings.